The van der Waals surface area contributed by atoms with Crippen molar-refractivity contribution in [1.29, 1.82) is 0 Å². The molecule has 0 radical (unpaired) electrons. The van der Waals surface area contributed by atoms with Crippen molar-refractivity contribution in [3.05, 3.63) is 11.6 Å². The smallest absolute Gasteiger partial charge is 0.306 e. The van der Waals surface area contributed by atoms with Gasteiger partial charge in [0.2, 0.25) is 0 Å². The minimum atomic E-state index is -0.244. The zero-order valence-corrected chi connectivity index (χ0v) is 15.8. The van der Waals surface area contributed by atoms with E-state index in [-0.39, 0.29) is 34.1 Å². The highest BCUT2D eigenvalue weighted by Gasteiger charge is 2.81. The Morgan fingerprint density at radius 3 is 2.62 bits per heavy atom. The number of hydrogen-bond acceptors (Lipinski definition) is 4. The van der Waals surface area contributed by atoms with Crippen LogP contribution >= 0.6 is 0 Å². The molecule has 3 saturated carbocycles. The molecule has 0 N–H and O–H groups in total. The van der Waals surface area contributed by atoms with Gasteiger partial charge in [-0.3, -0.25) is 9.59 Å². The normalized spacial score (nSPS) is 57.0. The Kier molecular flexibility index (Phi) is 2.72. The molecule has 26 heavy (non-hydrogen) atoms. The van der Waals surface area contributed by atoms with Crippen LogP contribution in [0.3, 0.4) is 0 Å². The van der Waals surface area contributed by atoms with Gasteiger partial charge in [0.25, 0.3) is 0 Å². The molecule has 4 nitrogen and oxygen atoms in total. The van der Waals surface area contributed by atoms with E-state index < -0.39 is 0 Å². The maximum Gasteiger partial charge on any atom is 0.306 e. The van der Waals surface area contributed by atoms with Crippen molar-refractivity contribution in [2.45, 2.75) is 88.9 Å². The molecule has 6 aliphatic rings. The lowest BCUT2D eigenvalue weighted by atomic mass is 9.46. The van der Waals surface area contributed by atoms with Gasteiger partial charge in [-0.2, -0.15) is 0 Å². The van der Waals surface area contributed by atoms with Crippen LogP contribution in [0.5, 0.6) is 0 Å². The van der Waals surface area contributed by atoms with E-state index in [0.717, 1.165) is 44.9 Å². The second-order valence-corrected chi connectivity index (χ2v) is 10.2. The Hall–Kier alpha value is -1.16. The van der Waals surface area contributed by atoms with Gasteiger partial charge in [0, 0.05) is 23.7 Å². The quantitative estimate of drug-likeness (QED) is 0.490. The number of esters is 1. The van der Waals surface area contributed by atoms with E-state index in [1.807, 2.05) is 6.08 Å². The molecule has 7 atom stereocenters. The number of hydrogen-bond donors (Lipinski definition) is 0. The zero-order chi connectivity index (χ0) is 17.9. The van der Waals surface area contributed by atoms with Crippen LogP contribution in [0.1, 0.15) is 71.6 Å². The van der Waals surface area contributed by atoms with E-state index in [4.69, 9.17) is 9.47 Å². The SMILES string of the molecule is CC12CCC(=O)C=C1CCC1C3CC[C@@]4(CCC(=O)O4)C3(C)C[C@@H]3OC132. The molecule has 2 aliphatic heterocycles. The van der Waals surface area contributed by atoms with Crippen molar-refractivity contribution >= 4 is 11.8 Å². The predicted octanol–water partition coefficient (Wildman–Crippen LogP) is 3.73. The molecule has 0 bridgehead atoms. The maximum atomic E-state index is 12.0. The van der Waals surface area contributed by atoms with Crippen LogP contribution in [0, 0.1) is 22.7 Å². The Labute approximate surface area is 154 Å². The van der Waals surface area contributed by atoms with Crippen molar-refractivity contribution in [3.63, 3.8) is 0 Å². The van der Waals surface area contributed by atoms with Gasteiger partial charge >= 0.3 is 5.97 Å². The molecule has 6 rings (SSSR count). The van der Waals surface area contributed by atoms with E-state index in [1.165, 1.54) is 5.57 Å². The summed E-state index contributed by atoms with van der Waals surface area (Å²) in [6.07, 6.45) is 10.6. The van der Waals surface area contributed by atoms with Crippen molar-refractivity contribution < 1.29 is 19.1 Å². The number of epoxide rings is 1. The van der Waals surface area contributed by atoms with Gasteiger partial charge in [-0.15, -0.1) is 0 Å². The molecule has 2 saturated heterocycles. The number of rotatable bonds is 0. The standard InChI is InChI=1S/C22H28O4/c1-19-8-5-14(23)11-13(19)3-4-16-15-6-9-21(10-7-18(24)26-21)20(15,2)12-17-22(16,19)25-17/h11,15-17H,3-10,12H2,1-2H3/t15?,16?,17-,19?,20?,21+,22?/m0/s1. The molecule has 4 aliphatic carbocycles. The lowest BCUT2D eigenvalue weighted by Crippen LogP contribution is -2.59. The summed E-state index contributed by atoms with van der Waals surface area (Å²) >= 11 is 0. The minimum absolute atomic E-state index is 0.00737. The summed E-state index contributed by atoms with van der Waals surface area (Å²) in [7, 11) is 0. The molecule has 0 amide bonds. The first-order valence-electron chi connectivity index (χ1n) is 10.5. The van der Waals surface area contributed by atoms with Gasteiger partial charge in [0.1, 0.15) is 11.2 Å². The molecule has 5 unspecified atom stereocenters. The van der Waals surface area contributed by atoms with Crippen LogP contribution in [-0.4, -0.2) is 29.1 Å². The number of carbonyl (C=O) groups excluding carboxylic acids is 2. The van der Waals surface area contributed by atoms with E-state index in [2.05, 4.69) is 13.8 Å². The van der Waals surface area contributed by atoms with E-state index >= 15 is 0 Å². The van der Waals surface area contributed by atoms with E-state index in [9.17, 15) is 9.59 Å². The summed E-state index contributed by atoms with van der Waals surface area (Å²) in [5, 5.41) is 0. The highest BCUT2D eigenvalue weighted by atomic mass is 16.6. The second-order valence-electron chi connectivity index (χ2n) is 10.2. The third kappa shape index (κ3) is 1.51. The zero-order valence-electron chi connectivity index (χ0n) is 15.8. The summed E-state index contributed by atoms with van der Waals surface area (Å²) < 4.78 is 12.6. The molecule has 4 heteroatoms. The Morgan fingerprint density at radius 2 is 1.85 bits per heavy atom. The summed E-state index contributed by atoms with van der Waals surface area (Å²) in [6, 6.07) is 0. The molecule has 0 aromatic rings. The van der Waals surface area contributed by atoms with Crippen molar-refractivity contribution in [3.8, 4) is 0 Å². The van der Waals surface area contributed by atoms with Crippen LogP contribution in [0.25, 0.3) is 0 Å². The maximum absolute atomic E-state index is 12.0. The van der Waals surface area contributed by atoms with Crippen molar-refractivity contribution in [2.24, 2.45) is 22.7 Å². The Bertz CT molecular complexity index is 770. The fraction of sp³-hybridized carbons (Fsp3) is 0.818. The van der Waals surface area contributed by atoms with Gasteiger partial charge in [0.15, 0.2) is 5.78 Å². The molecule has 2 heterocycles. The van der Waals surface area contributed by atoms with Crippen LogP contribution in [-0.2, 0) is 19.1 Å². The molecule has 5 fully saturated rings. The highest BCUT2D eigenvalue weighted by molar-refractivity contribution is 5.91. The number of carbonyl (C=O) groups is 2. The molecular weight excluding hydrogens is 328 g/mol. The minimum Gasteiger partial charge on any atom is -0.458 e. The largest absolute Gasteiger partial charge is 0.458 e. The van der Waals surface area contributed by atoms with Crippen LogP contribution in [0.4, 0.5) is 0 Å². The van der Waals surface area contributed by atoms with Gasteiger partial charge < -0.3 is 9.47 Å². The average Bonchev–Trinajstić information content (AvgIpc) is 3.08. The lowest BCUT2D eigenvalue weighted by Gasteiger charge is -2.56. The van der Waals surface area contributed by atoms with Crippen LogP contribution in [0.2, 0.25) is 0 Å². The van der Waals surface area contributed by atoms with Crippen molar-refractivity contribution in [2.75, 3.05) is 0 Å². The first-order valence-corrected chi connectivity index (χ1v) is 10.5. The molecule has 0 aromatic heterocycles. The van der Waals surface area contributed by atoms with Crippen LogP contribution < -0.4 is 0 Å². The summed E-state index contributed by atoms with van der Waals surface area (Å²) in [6.45, 7) is 4.74. The van der Waals surface area contributed by atoms with Gasteiger partial charge in [-0.05, 0) is 62.9 Å². The molecular formula is C22H28O4. The molecule has 2 spiro atoms. The molecule has 140 valence electrons. The fourth-order valence-electron chi connectivity index (χ4n) is 8.30. The lowest BCUT2D eigenvalue weighted by molar-refractivity contribution is -0.164. The van der Waals surface area contributed by atoms with Crippen molar-refractivity contribution in [1.82, 2.24) is 0 Å². The topological polar surface area (TPSA) is 55.9 Å². The highest BCUT2D eigenvalue weighted by Crippen LogP contribution is 2.77. The average molecular weight is 356 g/mol. The predicted molar refractivity (Wildman–Crippen MR) is 94.3 cm³/mol. The van der Waals surface area contributed by atoms with Crippen LogP contribution in [0.15, 0.2) is 11.6 Å². The number of ketones is 1. The van der Waals surface area contributed by atoms with Gasteiger partial charge in [0.05, 0.1) is 6.10 Å². The monoisotopic (exact) mass is 356 g/mol. The fourth-order valence-corrected chi connectivity index (χ4v) is 8.30. The third-order valence-corrected chi connectivity index (χ3v) is 9.67. The first kappa shape index (κ1) is 15.9. The van der Waals surface area contributed by atoms with Gasteiger partial charge in [-0.1, -0.05) is 19.4 Å². The van der Waals surface area contributed by atoms with Gasteiger partial charge in [-0.25, -0.2) is 0 Å². The molecule has 0 aromatic carbocycles. The summed E-state index contributed by atoms with van der Waals surface area (Å²) in [4.78, 5) is 24.0. The summed E-state index contributed by atoms with van der Waals surface area (Å²) in [5.41, 5.74) is 1.12. The van der Waals surface area contributed by atoms with E-state index in [0.29, 0.717) is 30.5 Å². The van der Waals surface area contributed by atoms with E-state index in [1.54, 1.807) is 0 Å². The second kappa shape index (κ2) is 4.45. The summed E-state index contributed by atoms with van der Waals surface area (Å²) in [5.74, 6) is 1.40. The Morgan fingerprint density at radius 1 is 1.00 bits per heavy atom. The Balaban J connectivity index is 1.42. The first-order chi connectivity index (χ1) is 12.3. The third-order valence-electron chi connectivity index (χ3n) is 9.67. The number of fused-ring (bicyclic) bond motifs is 4. The number of ether oxygens (including phenoxy) is 2.